The molecular formula is C26H27NO4S. The molecule has 2 unspecified atom stereocenters. The number of carbonyl (C=O) groups is 2. The van der Waals surface area contributed by atoms with Gasteiger partial charge in [-0.3, -0.25) is 4.79 Å². The summed E-state index contributed by atoms with van der Waals surface area (Å²) < 4.78 is 10.9. The van der Waals surface area contributed by atoms with Crippen molar-refractivity contribution in [2.75, 3.05) is 12.4 Å². The molecule has 1 heterocycles. The van der Waals surface area contributed by atoms with Crippen molar-refractivity contribution in [1.82, 2.24) is 0 Å². The third-order valence-corrected chi connectivity index (χ3v) is 6.95. The lowest BCUT2D eigenvalue weighted by molar-refractivity contribution is -0.122. The number of thiophene rings is 1. The van der Waals surface area contributed by atoms with Crippen LogP contribution in [0.25, 0.3) is 11.1 Å². The molecule has 0 spiro atoms. The molecule has 32 heavy (non-hydrogen) atoms. The number of ether oxygens (including phenoxy) is 2. The summed E-state index contributed by atoms with van der Waals surface area (Å²) in [5.74, 6) is 0.475. The lowest BCUT2D eigenvalue weighted by Gasteiger charge is -2.18. The standard InChI is InChI=1S/C26H27NO4S/c1-16-9-14-21-22(15-16)32-25(23(21)26(29)30-3)27-24(28)17(2)31-20-12-10-19(11-13-20)18-7-5-4-6-8-18/h4-8,10-13,16-17H,9,14-15H2,1-3H3,(H,27,28). The summed E-state index contributed by atoms with van der Waals surface area (Å²) in [6, 6.07) is 17.7. The number of methoxy groups -OCH3 is 1. The molecule has 0 saturated carbocycles. The summed E-state index contributed by atoms with van der Waals surface area (Å²) in [4.78, 5) is 26.5. The van der Waals surface area contributed by atoms with Crippen molar-refractivity contribution in [3.05, 3.63) is 70.6 Å². The Bertz CT molecular complexity index is 1100. The molecule has 166 valence electrons. The quantitative estimate of drug-likeness (QED) is 0.488. The molecule has 1 amide bonds. The van der Waals surface area contributed by atoms with E-state index in [1.807, 2.05) is 54.6 Å². The number of hydrogen-bond donors (Lipinski definition) is 1. The Morgan fingerprint density at radius 3 is 2.44 bits per heavy atom. The van der Waals surface area contributed by atoms with Gasteiger partial charge in [0.1, 0.15) is 10.8 Å². The number of rotatable bonds is 6. The number of benzene rings is 2. The van der Waals surface area contributed by atoms with Crippen molar-refractivity contribution in [3.8, 4) is 16.9 Å². The van der Waals surface area contributed by atoms with Crippen LogP contribution in [0.1, 0.15) is 41.1 Å². The van der Waals surface area contributed by atoms with E-state index in [1.54, 1.807) is 6.92 Å². The molecule has 6 heteroatoms. The Hall–Kier alpha value is -3.12. The fourth-order valence-corrected chi connectivity index (χ4v) is 5.39. The molecule has 5 nitrogen and oxygen atoms in total. The molecule has 0 bridgehead atoms. The molecule has 3 aromatic rings. The first-order chi connectivity index (χ1) is 15.5. The van der Waals surface area contributed by atoms with Crippen molar-refractivity contribution in [3.63, 3.8) is 0 Å². The largest absolute Gasteiger partial charge is 0.481 e. The van der Waals surface area contributed by atoms with E-state index >= 15 is 0 Å². The van der Waals surface area contributed by atoms with E-state index in [2.05, 4.69) is 12.2 Å². The Kier molecular flexibility index (Phi) is 6.61. The van der Waals surface area contributed by atoms with Crippen LogP contribution in [0.15, 0.2) is 54.6 Å². The van der Waals surface area contributed by atoms with E-state index in [1.165, 1.54) is 18.4 Å². The lowest BCUT2D eigenvalue weighted by atomic mass is 9.88. The van der Waals surface area contributed by atoms with Gasteiger partial charge in [-0.05, 0) is 60.9 Å². The van der Waals surface area contributed by atoms with Crippen LogP contribution >= 0.6 is 11.3 Å². The maximum absolute atomic E-state index is 12.9. The average Bonchev–Trinajstić information content (AvgIpc) is 3.16. The smallest absolute Gasteiger partial charge is 0.341 e. The highest BCUT2D eigenvalue weighted by molar-refractivity contribution is 7.17. The van der Waals surface area contributed by atoms with Gasteiger partial charge in [0.05, 0.1) is 12.7 Å². The SMILES string of the molecule is COC(=O)c1c(NC(=O)C(C)Oc2ccc(-c3ccccc3)cc2)sc2c1CCC(C)C2. The normalized spacial score (nSPS) is 16.0. The van der Waals surface area contributed by atoms with Crippen molar-refractivity contribution in [2.45, 2.75) is 39.2 Å². The zero-order valence-electron chi connectivity index (χ0n) is 18.5. The number of anilines is 1. The van der Waals surface area contributed by atoms with E-state index in [4.69, 9.17) is 9.47 Å². The lowest BCUT2D eigenvalue weighted by Crippen LogP contribution is -2.30. The summed E-state index contributed by atoms with van der Waals surface area (Å²) in [7, 11) is 1.37. The molecule has 0 saturated heterocycles. The minimum atomic E-state index is -0.721. The fraction of sp³-hybridized carbons (Fsp3) is 0.308. The monoisotopic (exact) mass is 449 g/mol. The predicted molar refractivity (Wildman–Crippen MR) is 127 cm³/mol. The zero-order chi connectivity index (χ0) is 22.7. The first-order valence-electron chi connectivity index (χ1n) is 10.8. The molecule has 1 aromatic heterocycles. The fourth-order valence-electron chi connectivity index (χ4n) is 3.98. The minimum absolute atomic E-state index is 0.297. The van der Waals surface area contributed by atoms with E-state index < -0.39 is 12.1 Å². The number of hydrogen-bond acceptors (Lipinski definition) is 5. The van der Waals surface area contributed by atoms with Crippen LogP contribution in [0, 0.1) is 5.92 Å². The summed E-state index contributed by atoms with van der Waals surface area (Å²) in [5.41, 5.74) is 3.71. The van der Waals surface area contributed by atoms with E-state index in [0.29, 0.717) is 22.2 Å². The first-order valence-corrected chi connectivity index (χ1v) is 11.6. The number of fused-ring (bicyclic) bond motifs is 1. The second-order valence-corrected chi connectivity index (χ2v) is 9.29. The highest BCUT2D eigenvalue weighted by Gasteiger charge is 2.29. The predicted octanol–water partition coefficient (Wildman–Crippen LogP) is 5.73. The van der Waals surface area contributed by atoms with E-state index in [9.17, 15) is 9.59 Å². The Labute approximate surface area is 192 Å². The molecule has 4 rings (SSSR count). The van der Waals surface area contributed by atoms with Crippen LogP contribution in [0.2, 0.25) is 0 Å². The summed E-state index contributed by atoms with van der Waals surface area (Å²) in [5, 5.41) is 3.46. The van der Waals surface area contributed by atoms with Gasteiger partial charge in [0.15, 0.2) is 6.10 Å². The van der Waals surface area contributed by atoms with Gasteiger partial charge < -0.3 is 14.8 Å². The molecule has 1 aliphatic carbocycles. The van der Waals surface area contributed by atoms with Crippen molar-refractivity contribution >= 4 is 28.2 Å². The van der Waals surface area contributed by atoms with Crippen molar-refractivity contribution in [1.29, 1.82) is 0 Å². The minimum Gasteiger partial charge on any atom is -0.481 e. The van der Waals surface area contributed by atoms with Gasteiger partial charge in [0, 0.05) is 4.88 Å². The van der Waals surface area contributed by atoms with Crippen LogP contribution in [-0.2, 0) is 22.4 Å². The number of carbonyl (C=O) groups excluding carboxylic acids is 2. The van der Waals surface area contributed by atoms with Gasteiger partial charge in [0.2, 0.25) is 0 Å². The first kappa shape index (κ1) is 22.1. The Balaban J connectivity index is 1.46. The van der Waals surface area contributed by atoms with E-state index in [-0.39, 0.29) is 5.91 Å². The van der Waals surface area contributed by atoms with Gasteiger partial charge in [-0.15, -0.1) is 11.3 Å². The van der Waals surface area contributed by atoms with Crippen LogP contribution in [0.3, 0.4) is 0 Å². The number of amides is 1. The Morgan fingerprint density at radius 1 is 1.06 bits per heavy atom. The van der Waals surface area contributed by atoms with E-state index in [0.717, 1.165) is 40.8 Å². The summed E-state index contributed by atoms with van der Waals surface area (Å²) in [6.45, 7) is 3.91. The maximum atomic E-state index is 12.9. The highest BCUT2D eigenvalue weighted by atomic mass is 32.1. The van der Waals surface area contributed by atoms with Crippen LogP contribution in [0.4, 0.5) is 5.00 Å². The Morgan fingerprint density at radius 2 is 1.75 bits per heavy atom. The summed E-state index contributed by atoms with van der Waals surface area (Å²) in [6.07, 6.45) is 2.05. The third-order valence-electron chi connectivity index (χ3n) is 5.78. The molecule has 0 fully saturated rings. The summed E-state index contributed by atoms with van der Waals surface area (Å²) >= 11 is 1.47. The molecule has 2 aromatic carbocycles. The van der Waals surface area contributed by atoms with Gasteiger partial charge in [-0.2, -0.15) is 0 Å². The van der Waals surface area contributed by atoms with Crippen LogP contribution in [0.5, 0.6) is 5.75 Å². The number of esters is 1. The third kappa shape index (κ3) is 4.70. The van der Waals surface area contributed by atoms with Crippen molar-refractivity contribution < 1.29 is 19.1 Å². The second kappa shape index (κ2) is 9.57. The van der Waals surface area contributed by atoms with Crippen LogP contribution < -0.4 is 10.1 Å². The van der Waals surface area contributed by atoms with Crippen molar-refractivity contribution in [2.24, 2.45) is 5.92 Å². The topological polar surface area (TPSA) is 64.6 Å². The highest BCUT2D eigenvalue weighted by Crippen LogP contribution is 2.40. The zero-order valence-corrected chi connectivity index (χ0v) is 19.3. The van der Waals surface area contributed by atoms with Gasteiger partial charge in [-0.25, -0.2) is 4.79 Å². The van der Waals surface area contributed by atoms with Gasteiger partial charge in [0.25, 0.3) is 5.91 Å². The molecule has 0 aliphatic heterocycles. The maximum Gasteiger partial charge on any atom is 0.341 e. The number of nitrogens with one attached hydrogen (secondary N) is 1. The van der Waals surface area contributed by atoms with Gasteiger partial charge in [-0.1, -0.05) is 49.4 Å². The molecule has 1 aliphatic rings. The van der Waals surface area contributed by atoms with Crippen LogP contribution in [-0.4, -0.2) is 25.1 Å². The molecule has 0 radical (unpaired) electrons. The molecule has 1 N–H and O–H groups in total. The molecule has 2 atom stereocenters. The molecular weight excluding hydrogens is 422 g/mol. The second-order valence-electron chi connectivity index (χ2n) is 8.19. The average molecular weight is 450 g/mol. The van der Waals surface area contributed by atoms with Gasteiger partial charge >= 0.3 is 5.97 Å².